The van der Waals surface area contributed by atoms with Gasteiger partial charge in [-0.2, -0.15) is 0 Å². The number of methoxy groups -OCH3 is 1. The minimum atomic E-state index is -0.550. The molecule has 1 heterocycles. The molecule has 9 nitrogen and oxygen atoms in total. The minimum Gasteiger partial charge on any atom is -0.497 e. The second-order valence-electron chi connectivity index (χ2n) is 7.04. The van der Waals surface area contributed by atoms with Crippen LogP contribution in [0, 0.1) is 10.1 Å². The van der Waals surface area contributed by atoms with Gasteiger partial charge < -0.3 is 15.0 Å². The molecule has 0 aromatic heterocycles. The normalized spacial score (nSPS) is 14.2. The Morgan fingerprint density at radius 2 is 1.81 bits per heavy atom. The summed E-state index contributed by atoms with van der Waals surface area (Å²) in [6.45, 7) is 3.36. The number of nitrogens with one attached hydrogen (secondary N) is 1. The highest BCUT2D eigenvalue weighted by Gasteiger charge is 2.25. The summed E-state index contributed by atoms with van der Waals surface area (Å²) in [4.78, 5) is 39.2. The van der Waals surface area contributed by atoms with Crippen LogP contribution in [-0.2, 0) is 0 Å². The van der Waals surface area contributed by atoms with E-state index in [1.807, 2.05) is 0 Å². The fourth-order valence-corrected chi connectivity index (χ4v) is 3.51. The Kier molecular flexibility index (Phi) is 7.43. The molecule has 0 radical (unpaired) electrons. The molecule has 2 amide bonds. The second-order valence-corrected chi connectivity index (χ2v) is 7.45. The van der Waals surface area contributed by atoms with Gasteiger partial charge in [0.1, 0.15) is 5.75 Å². The van der Waals surface area contributed by atoms with E-state index >= 15 is 0 Å². The van der Waals surface area contributed by atoms with Crippen LogP contribution in [0.2, 0.25) is 5.02 Å². The van der Waals surface area contributed by atoms with Crippen molar-refractivity contribution in [1.82, 2.24) is 15.1 Å². The molecular weight excluding hydrogens is 424 g/mol. The number of amides is 2. The van der Waals surface area contributed by atoms with Crippen LogP contribution >= 0.6 is 11.6 Å². The molecule has 1 aliphatic heterocycles. The Morgan fingerprint density at radius 3 is 2.42 bits per heavy atom. The smallest absolute Gasteiger partial charge is 0.270 e. The summed E-state index contributed by atoms with van der Waals surface area (Å²) < 4.78 is 5.08. The van der Waals surface area contributed by atoms with Gasteiger partial charge in [0.2, 0.25) is 0 Å². The molecule has 0 saturated carbocycles. The summed E-state index contributed by atoms with van der Waals surface area (Å²) in [5, 5.41) is 14.0. The lowest BCUT2D eigenvalue weighted by Crippen LogP contribution is -2.50. The molecule has 10 heteroatoms. The zero-order chi connectivity index (χ0) is 22.4. The van der Waals surface area contributed by atoms with Crippen LogP contribution in [-0.4, -0.2) is 72.9 Å². The van der Waals surface area contributed by atoms with Gasteiger partial charge in [-0.05, 0) is 30.3 Å². The van der Waals surface area contributed by atoms with Gasteiger partial charge in [-0.3, -0.25) is 24.6 Å². The molecule has 3 rings (SSSR count). The van der Waals surface area contributed by atoms with E-state index in [9.17, 15) is 19.7 Å². The first-order chi connectivity index (χ1) is 14.9. The Labute approximate surface area is 184 Å². The molecule has 0 aliphatic carbocycles. The van der Waals surface area contributed by atoms with Gasteiger partial charge in [-0.15, -0.1) is 0 Å². The summed E-state index contributed by atoms with van der Waals surface area (Å²) >= 11 is 6.08. The predicted molar refractivity (Wildman–Crippen MR) is 116 cm³/mol. The number of hydrogen-bond acceptors (Lipinski definition) is 6. The van der Waals surface area contributed by atoms with E-state index in [2.05, 4.69) is 10.2 Å². The van der Waals surface area contributed by atoms with Crippen molar-refractivity contribution in [3.63, 3.8) is 0 Å². The molecule has 2 aromatic carbocycles. The Morgan fingerprint density at radius 1 is 1.13 bits per heavy atom. The molecule has 0 spiro atoms. The third kappa shape index (κ3) is 5.71. The van der Waals surface area contributed by atoms with Gasteiger partial charge in [0.05, 0.1) is 22.6 Å². The quantitative estimate of drug-likeness (QED) is 0.517. The lowest BCUT2D eigenvalue weighted by Gasteiger charge is -2.34. The first-order valence-electron chi connectivity index (χ1n) is 9.77. The zero-order valence-electron chi connectivity index (χ0n) is 17.0. The van der Waals surface area contributed by atoms with Crippen LogP contribution in [0.1, 0.15) is 20.7 Å². The molecule has 31 heavy (non-hydrogen) atoms. The summed E-state index contributed by atoms with van der Waals surface area (Å²) in [6, 6.07) is 10.7. The maximum Gasteiger partial charge on any atom is 0.270 e. The van der Waals surface area contributed by atoms with Crippen molar-refractivity contribution in [3.8, 4) is 5.75 Å². The van der Waals surface area contributed by atoms with Gasteiger partial charge in [-0.1, -0.05) is 11.6 Å². The average molecular weight is 447 g/mol. The lowest BCUT2D eigenvalue weighted by molar-refractivity contribution is -0.384. The van der Waals surface area contributed by atoms with E-state index in [4.69, 9.17) is 16.3 Å². The number of halogens is 1. The number of carbonyl (C=O) groups excluding carboxylic acids is 2. The number of piperazine rings is 1. The van der Waals surface area contributed by atoms with Crippen molar-refractivity contribution >= 4 is 29.1 Å². The molecule has 1 saturated heterocycles. The number of ether oxygens (including phenoxy) is 1. The van der Waals surface area contributed by atoms with E-state index < -0.39 is 4.92 Å². The molecule has 0 atom stereocenters. The first kappa shape index (κ1) is 22.5. The minimum absolute atomic E-state index is 0.135. The first-order valence-corrected chi connectivity index (χ1v) is 10.1. The number of nitro benzene ring substituents is 1. The van der Waals surface area contributed by atoms with E-state index in [0.717, 1.165) is 0 Å². The highest BCUT2D eigenvalue weighted by molar-refractivity contribution is 6.33. The number of nitro groups is 1. The third-order valence-electron chi connectivity index (χ3n) is 5.12. The molecule has 1 fully saturated rings. The van der Waals surface area contributed by atoms with Gasteiger partial charge in [-0.25, -0.2) is 0 Å². The highest BCUT2D eigenvalue weighted by Crippen LogP contribution is 2.24. The summed E-state index contributed by atoms with van der Waals surface area (Å²) in [5.74, 6) is 0.216. The summed E-state index contributed by atoms with van der Waals surface area (Å²) in [7, 11) is 1.57. The molecular formula is C21H23ClN4O5. The van der Waals surface area contributed by atoms with Crippen molar-refractivity contribution in [2.75, 3.05) is 46.4 Å². The van der Waals surface area contributed by atoms with Crippen molar-refractivity contribution < 1.29 is 19.2 Å². The molecule has 0 unspecified atom stereocenters. The number of non-ortho nitro benzene ring substituents is 1. The van der Waals surface area contributed by atoms with Gasteiger partial charge in [0.15, 0.2) is 0 Å². The number of nitrogens with zero attached hydrogens (tertiary/aromatic N) is 3. The van der Waals surface area contributed by atoms with E-state index in [-0.39, 0.29) is 28.1 Å². The van der Waals surface area contributed by atoms with Crippen molar-refractivity contribution in [3.05, 3.63) is 68.7 Å². The predicted octanol–water partition coefficient (Wildman–Crippen LogP) is 2.44. The van der Waals surface area contributed by atoms with Crippen LogP contribution in [0.4, 0.5) is 5.69 Å². The van der Waals surface area contributed by atoms with Crippen LogP contribution < -0.4 is 10.1 Å². The van der Waals surface area contributed by atoms with Crippen LogP contribution in [0.25, 0.3) is 0 Å². The van der Waals surface area contributed by atoms with E-state index in [1.165, 1.54) is 18.2 Å². The maximum atomic E-state index is 12.7. The number of benzene rings is 2. The summed E-state index contributed by atoms with van der Waals surface area (Å²) in [5.41, 5.74) is 0.528. The number of rotatable bonds is 7. The molecule has 1 N–H and O–H groups in total. The standard InChI is InChI=1S/C21H23ClN4O5/c1-31-17-5-2-15(3-6-17)20(27)23-8-9-24-10-12-25(13-11-24)21(28)18-14-16(26(29)30)4-7-19(18)22/h2-7,14H,8-13H2,1H3,(H,23,27). The van der Waals surface area contributed by atoms with Crippen LogP contribution in [0.3, 0.4) is 0 Å². The van der Waals surface area contributed by atoms with Gasteiger partial charge in [0, 0.05) is 57.0 Å². The van der Waals surface area contributed by atoms with Crippen molar-refractivity contribution in [1.29, 1.82) is 0 Å². The van der Waals surface area contributed by atoms with Gasteiger partial charge in [0.25, 0.3) is 17.5 Å². The van der Waals surface area contributed by atoms with E-state index in [0.29, 0.717) is 50.6 Å². The molecule has 1 aliphatic rings. The maximum absolute atomic E-state index is 12.7. The fourth-order valence-electron chi connectivity index (χ4n) is 3.31. The zero-order valence-corrected chi connectivity index (χ0v) is 17.8. The SMILES string of the molecule is COc1ccc(C(=O)NCCN2CCN(C(=O)c3cc([N+](=O)[O-])ccc3Cl)CC2)cc1. The molecule has 0 bridgehead atoms. The topological polar surface area (TPSA) is 105 Å². The fraction of sp³-hybridized carbons (Fsp3) is 0.333. The van der Waals surface area contributed by atoms with Crippen LogP contribution in [0.5, 0.6) is 5.75 Å². The second kappa shape index (κ2) is 10.2. The molecule has 2 aromatic rings. The largest absolute Gasteiger partial charge is 0.497 e. The lowest BCUT2D eigenvalue weighted by atomic mass is 10.1. The monoisotopic (exact) mass is 446 g/mol. The van der Waals surface area contributed by atoms with E-state index in [1.54, 1.807) is 36.3 Å². The van der Waals surface area contributed by atoms with Gasteiger partial charge >= 0.3 is 0 Å². The Bertz CT molecular complexity index is 959. The third-order valence-corrected chi connectivity index (χ3v) is 5.45. The highest BCUT2D eigenvalue weighted by atomic mass is 35.5. The number of carbonyl (C=O) groups is 2. The Hall–Kier alpha value is -3.17. The summed E-state index contributed by atoms with van der Waals surface area (Å²) in [6.07, 6.45) is 0. The Balaban J connectivity index is 1.46. The van der Waals surface area contributed by atoms with Crippen molar-refractivity contribution in [2.45, 2.75) is 0 Å². The average Bonchev–Trinajstić information content (AvgIpc) is 2.79. The molecule has 164 valence electrons. The number of hydrogen-bond donors (Lipinski definition) is 1. The van der Waals surface area contributed by atoms with Crippen molar-refractivity contribution in [2.24, 2.45) is 0 Å². The van der Waals surface area contributed by atoms with Crippen LogP contribution in [0.15, 0.2) is 42.5 Å².